The summed E-state index contributed by atoms with van der Waals surface area (Å²) >= 11 is 0. The number of rotatable bonds is 5. The van der Waals surface area contributed by atoms with E-state index in [1.165, 1.54) is 0 Å². The molecule has 0 radical (unpaired) electrons. The predicted molar refractivity (Wildman–Crippen MR) is 91.2 cm³/mol. The number of hydrogen-bond acceptors (Lipinski definition) is 4. The largest absolute Gasteiger partial charge is 0.457 e. The second-order valence-corrected chi connectivity index (χ2v) is 5.77. The Morgan fingerprint density at radius 1 is 1.00 bits per heavy atom. The maximum absolute atomic E-state index is 12.6. The van der Waals surface area contributed by atoms with Crippen LogP contribution in [-0.4, -0.2) is 42.9 Å². The first kappa shape index (κ1) is 15.7. The third kappa shape index (κ3) is 3.97. The number of carbonyl (C=O) groups excluding carboxylic acids is 1. The summed E-state index contributed by atoms with van der Waals surface area (Å²) < 4.78 is 5.76. The van der Waals surface area contributed by atoms with Crippen molar-refractivity contribution in [2.24, 2.45) is 0 Å². The lowest BCUT2D eigenvalue weighted by molar-refractivity contribution is 0.0820. The van der Waals surface area contributed by atoms with Gasteiger partial charge >= 0.3 is 0 Å². The van der Waals surface area contributed by atoms with Crippen molar-refractivity contribution in [1.82, 2.24) is 10.2 Å². The minimum atomic E-state index is -0.0852. The van der Waals surface area contributed by atoms with Gasteiger partial charge in [-0.3, -0.25) is 9.69 Å². The normalized spacial score (nSPS) is 16.7. The van der Waals surface area contributed by atoms with Crippen LogP contribution in [0.3, 0.4) is 0 Å². The van der Waals surface area contributed by atoms with E-state index in [9.17, 15) is 4.79 Å². The van der Waals surface area contributed by atoms with Gasteiger partial charge in [-0.25, -0.2) is 0 Å². The third-order valence-corrected chi connectivity index (χ3v) is 4.20. The fraction of sp³-hybridized carbons (Fsp3) is 0.316. The van der Waals surface area contributed by atoms with E-state index in [4.69, 9.17) is 4.74 Å². The van der Waals surface area contributed by atoms with Gasteiger partial charge in [-0.05, 0) is 43.3 Å². The molecule has 1 heterocycles. The number of ketones is 1. The molecule has 0 aromatic heterocycles. The Kier molecular flexibility index (Phi) is 5.05. The molecule has 1 saturated heterocycles. The zero-order chi connectivity index (χ0) is 16.1. The Balaban J connectivity index is 1.65. The van der Waals surface area contributed by atoms with Crippen LogP contribution in [0, 0.1) is 0 Å². The molecular weight excluding hydrogens is 288 g/mol. The highest BCUT2D eigenvalue weighted by Gasteiger charge is 2.23. The highest BCUT2D eigenvalue weighted by molar-refractivity contribution is 5.99. The summed E-state index contributed by atoms with van der Waals surface area (Å²) in [4.78, 5) is 14.8. The second-order valence-electron chi connectivity index (χ2n) is 5.77. The Bertz CT molecular complexity index is 634. The number of piperazine rings is 1. The minimum absolute atomic E-state index is 0.0852. The monoisotopic (exact) mass is 310 g/mol. The first-order chi connectivity index (χ1) is 11.2. The molecule has 1 N–H and O–H groups in total. The number of benzene rings is 2. The SMILES string of the molecule is CC(C(=O)c1ccc(Oc2ccccc2)cc1)N1CCNCC1. The smallest absolute Gasteiger partial charge is 0.179 e. The number of hydrogen-bond donors (Lipinski definition) is 1. The highest BCUT2D eigenvalue weighted by Crippen LogP contribution is 2.22. The molecule has 0 bridgehead atoms. The summed E-state index contributed by atoms with van der Waals surface area (Å²) in [5.41, 5.74) is 0.733. The van der Waals surface area contributed by atoms with Crippen LogP contribution in [0.1, 0.15) is 17.3 Å². The lowest BCUT2D eigenvalue weighted by Gasteiger charge is -2.31. The van der Waals surface area contributed by atoms with Gasteiger partial charge in [-0.15, -0.1) is 0 Å². The van der Waals surface area contributed by atoms with Crippen molar-refractivity contribution < 1.29 is 9.53 Å². The molecule has 2 aromatic rings. The molecule has 0 spiro atoms. The highest BCUT2D eigenvalue weighted by atomic mass is 16.5. The molecule has 1 aliphatic heterocycles. The van der Waals surface area contributed by atoms with E-state index in [2.05, 4.69) is 10.2 Å². The Labute approximate surface area is 137 Å². The molecule has 1 atom stereocenters. The fourth-order valence-electron chi connectivity index (χ4n) is 2.79. The molecule has 4 heteroatoms. The number of carbonyl (C=O) groups is 1. The van der Waals surface area contributed by atoms with Gasteiger partial charge in [0.25, 0.3) is 0 Å². The van der Waals surface area contributed by atoms with Crippen LogP contribution in [0.15, 0.2) is 54.6 Å². The van der Waals surface area contributed by atoms with Crippen LogP contribution in [-0.2, 0) is 0 Å². The summed E-state index contributed by atoms with van der Waals surface area (Å²) in [6.07, 6.45) is 0. The Morgan fingerprint density at radius 2 is 1.61 bits per heavy atom. The number of nitrogens with zero attached hydrogens (tertiary/aromatic N) is 1. The number of Topliss-reactive ketones (excluding diaryl/α,β-unsaturated/α-hetero) is 1. The van der Waals surface area contributed by atoms with Crippen molar-refractivity contribution in [3.05, 3.63) is 60.2 Å². The van der Waals surface area contributed by atoms with E-state index in [1.54, 1.807) is 0 Å². The maximum atomic E-state index is 12.6. The van der Waals surface area contributed by atoms with E-state index in [0.29, 0.717) is 0 Å². The zero-order valence-electron chi connectivity index (χ0n) is 13.4. The van der Waals surface area contributed by atoms with Crippen LogP contribution in [0.25, 0.3) is 0 Å². The minimum Gasteiger partial charge on any atom is -0.457 e. The van der Waals surface area contributed by atoms with Crippen molar-refractivity contribution in [3.63, 3.8) is 0 Å². The van der Waals surface area contributed by atoms with Crippen molar-refractivity contribution in [3.8, 4) is 11.5 Å². The number of para-hydroxylation sites is 1. The summed E-state index contributed by atoms with van der Waals surface area (Å²) in [5.74, 6) is 1.70. The lowest BCUT2D eigenvalue weighted by atomic mass is 10.0. The van der Waals surface area contributed by atoms with Gasteiger partial charge in [0.2, 0.25) is 0 Å². The van der Waals surface area contributed by atoms with Gasteiger partial charge in [0, 0.05) is 31.7 Å². The summed E-state index contributed by atoms with van der Waals surface area (Å²) in [6, 6.07) is 16.9. The molecule has 3 rings (SSSR count). The number of ether oxygens (including phenoxy) is 1. The van der Waals surface area contributed by atoms with Gasteiger partial charge in [0.05, 0.1) is 6.04 Å². The van der Waals surface area contributed by atoms with E-state index in [0.717, 1.165) is 43.2 Å². The van der Waals surface area contributed by atoms with E-state index in [1.807, 2.05) is 61.5 Å². The predicted octanol–water partition coefficient (Wildman–Crippen LogP) is 2.96. The van der Waals surface area contributed by atoms with Gasteiger partial charge in [-0.2, -0.15) is 0 Å². The average Bonchev–Trinajstić information content (AvgIpc) is 2.63. The maximum Gasteiger partial charge on any atom is 0.179 e. The Hall–Kier alpha value is -2.17. The molecular formula is C19H22N2O2. The van der Waals surface area contributed by atoms with E-state index in [-0.39, 0.29) is 11.8 Å². The quantitative estimate of drug-likeness (QED) is 0.862. The van der Waals surface area contributed by atoms with Crippen LogP contribution < -0.4 is 10.1 Å². The van der Waals surface area contributed by atoms with Crippen LogP contribution in [0.2, 0.25) is 0 Å². The van der Waals surface area contributed by atoms with Crippen LogP contribution in [0.4, 0.5) is 0 Å². The fourth-order valence-corrected chi connectivity index (χ4v) is 2.79. The van der Waals surface area contributed by atoms with Crippen molar-refractivity contribution >= 4 is 5.78 Å². The van der Waals surface area contributed by atoms with Gasteiger partial charge in [0.1, 0.15) is 11.5 Å². The van der Waals surface area contributed by atoms with Crippen molar-refractivity contribution in [2.75, 3.05) is 26.2 Å². The van der Waals surface area contributed by atoms with Crippen LogP contribution in [0.5, 0.6) is 11.5 Å². The van der Waals surface area contributed by atoms with Gasteiger partial charge in [0.15, 0.2) is 5.78 Å². The molecule has 1 unspecified atom stereocenters. The van der Waals surface area contributed by atoms with Gasteiger partial charge < -0.3 is 10.1 Å². The third-order valence-electron chi connectivity index (χ3n) is 4.20. The van der Waals surface area contributed by atoms with Crippen molar-refractivity contribution in [2.45, 2.75) is 13.0 Å². The zero-order valence-corrected chi connectivity index (χ0v) is 13.4. The summed E-state index contributed by atoms with van der Waals surface area (Å²) in [6.45, 7) is 5.72. The van der Waals surface area contributed by atoms with Crippen molar-refractivity contribution in [1.29, 1.82) is 0 Å². The average molecular weight is 310 g/mol. The van der Waals surface area contributed by atoms with E-state index >= 15 is 0 Å². The molecule has 2 aromatic carbocycles. The second kappa shape index (κ2) is 7.40. The summed E-state index contributed by atoms with van der Waals surface area (Å²) in [5, 5.41) is 3.31. The Morgan fingerprint density at radius 3 is 2.26 bits per heavy atom. The lowest BCUT2D eigenvalue weighted by Crippen LogP contribution is -2.50. The molecule has 1 fully saturated rings. The van der Waals surface area contributed by atoms with Gasteiger partial charge in [-0.1, -0.05) is 18.2 Å². The standard InChI is InChI=1S/C19H22N2O2/c1-15(21-13-11-20-12-14-21)19(22)16-7-9-18(10-8-16)23-17-5-3-2-4-6-17/h2-10,15,20H,11-14H2,1H3. The molecule has 120 valence electrons. The first-order valence-electron chi connectivity index (χ1n) is 8.06. The molecule has 1 aliphatic rings. The topological polar surface area (TPSA) is 41.6 Å². The van der Waals surface area contributed by atoms with E-state index < -0.39 is 0 Å². The van der Waals surface area contributed by atoms with Crippen LogP contribution >= 0.6 is 0 Å². The molecule has 4 nitrogen and oxygen atoms in total. The first-order valence-corrected chi connectivity index (χ1v) is 8.06. The molecule has 0 saturated carbocycles. The number of nitrogens with one attached hydrogen (secondary N) is 1. The molecule has 0 aliphatic carbocycles. The molecule has 0 amide bonds. The molecule has 23 heavy (non-hydrogen) atoms. The summed E-state index contributed by atoms with van der Waals surface area (Å²) in [7, 11) is 0.